The molecule has 0 aliphatic heterocycles. The molecule has 0 spiro atoms. The van der Waals surface area contributed by atoms with E-state index in [9.17, 15) is 0 Å². The Morgan fingerprint density at radius 3 is 0.667 bits per heavy atom. The summed E-state index contributed by atoms with van der Waals surface area (Å²) in [4.78, 5) is 0. The maximum Gasteiger partial charge on any atom is 2.00 e. The van der Waals surface area contributed by atoms with Crippen LogP contribution in [0.5, 0.6) is 0 Å². The maximum absolute atomic E-state index is 0. The predicted octanol–water partition coefficient (Wildman–Crippen LogP) is -19.3. The van der Waals surface area contributed by atoms with E-state index in [0.29, 0.717) is 0 Å². The second-order valence-electron chi connectivity index (χ2n) is 0. The van der Waals surface area contributed by atoms with E-state index in [0.717, 1.165) is 0 Å². The second kappa shape index (κ2) is 63.9. The monoisotopic (exact) mass is 302 g/mol. The van der Waals surface area contributed by atoms with E-state index in [4.69, 9.17) is 0 Å². The van der Waals surface area contributed by atoms with Gasteiger partial charge < -0.3 is 58.0 Å². The molecule has 0 saturated heterocycles. The third-order valence-corrected chi connectivity index (χ3v) is 0. The largest absolute Gasteiger partial charge is 2.00 e. The van der Waals surface area contributed by atoms with Crippen LogP contribution in [0.25, 0.3) is 0 Å². The predicted molar refractivity (Wildman–Crippen MR) is 17.3 cm³/mol. The van der Waals surface area contributed by atoms with Crippen LogP contribution in [0, 0.1) is 0 Å². The van der Waals surface area contributed by atoms with Crippen molar-refractivity contribution in [1.82, 2.24) is 0 Å². The van der Waals surface area contributed by atoms with E-state index >= 15 is 0 Å². The molecule has 0 aliphatic rings. The molecular weight excluding hydrogens is 300 g/mol. The second-order valence-corrected chi connectivity index (χ2v) is 0. The van der Waals surface area contributed by atoms with Gasteiger partial charge in [0.25, 0.3) is 0 Å². The molecule has 0 aromatic carbocycles. The summed E-state index contributed by atoms with van der Waals surface area (Å²) in [6, 6.07) is 0. The van der Waals surface area contributed by atoms with Crippen LogP contribution in [-0.4, -0.2) is 81.0 Å². The van der Waals surface area contributed by atoms with Gasteiger partial charge >= 0.3 is 156 Å². The maximum atomic E-state index is 0. The van der Waals surface area contributed by atoms with Gasteiger partial charge in [-0.1, -0.05) is 0 Å². The molecule has 0 unspecified atom stereocenters. The Kier molecular flexibility index (Phi) is 561. The molecule has 9 heteroatoms. The standard InChI is InChI=1S/2Ca.4ClH.K.Na.H2O.2H/h;;4*1H;;;1H2;;/q2*+2;;;;;2*+1;;2*-1/p-4. The van der Waals surface area contributed by atoms with E-state index in [2.05, 4.69) is 0 Å². The van der Waals surface area contributed by atoms with Crippen molar-refractivity contribution < 1.29 is 139 Å². The van der Waals surface area contributed by atoms with E-state index in [-0.39, 0.29) is 214 Å². The fourth-order valence-corrected chi connectivity index (χ4v) is 0. The van der Waals surface area contributed by atoms with Gasteiger partial charge in [0, 0.05) is 0 Å². The Balaban J connectivity index is 0. The van der Waals surface area contributed by atoms with Crippen molar-refractivity contribution in [1.29, 1.82) is 0 Å². The number of hydrogen-bond acceptors (Lipinski definition) is 0. The smallest absolute Gasteiger partial charge is 1.00 e. The topological polar surface area (TPSA) is 31.5 Å². The van der Waals surface area contributed by atoms with Crippen LogP contribution < -0.4 is 131 Å². The van der Waals surface area contributed by atoms with Crippen molar-refractivity contribution in [2.45, 2.75) is 0 Å². The summed E-state index contributed by atoms with van der Waals surface area (Å²) in [6.07, 6.45) is 0. The number of halogens is 4. The Morgan fingerprint density at radius 1 is 0.667 bits per heavy atom. The van der Waals surface area contributed by atoms with Gasteiger partial charge in [0.05, 0.1) is 0 Å². The zero-order chi connectivity index (χ0) is 0. The summed E-state index contributed by atoms with van der Waals surface area (Å²) in [5, 5.41) is 0. The van der Waals surface area contributed by atoms with Crippen molar-refractivity contribution in [3.05, 3.63) is 0 Å². The van der Waals surface area contributed by atoms with Gasteiger partial charge in [0.15, 0.2) is 0 Å². The molecule has 1 nitrogen and oxygen atoms in total. The van der Waals surface area contributed by atoms with Gasteiger partial charge in [-0.3, -0.25) is 0 Å². The van der Waals surface area contributed by atoms with E-state index < -0.39 is 0 Å². The van der Waals surface area contributed by atoms with E-state index in [1.807, 2.05) is 0 Å². The SMILES string of the molecule is O.[Ca+2].[Ca+2].[Cl-].[Cl-].[Cl-].[Cl-].[H-].[H-].[K+].[Na+]. The van der Waals surface area contributed by atoms with Crippen LogP contribution >= 0.6 is 0 Å². The minimum Gasteiger partial charge on any atom is -1.00 e. The van der Waals surface area contributed by atoms with Gasteiger partial charge in [-0.15, -0.1) is 0 Å². The van der Waals surface area contributed by atoms with Gasteiger partial charge in [-0.25, -0.2) is 0 Å². The van der Waals surface area contributed by atoms with Crippen molar-refractivity contribution in [2.75, 3.05) is 0 Å². The fraction of sp³-hybridized carbons (Fsp3) is 0. The van der Waals surface area contributed by atoms with Crippen molar-refractivity contribution in [3.8, 4) is 0 Å². The van der Waals surface area contributed by atoms with E-state index in [1.54, 1.807) is 0 Å². The zero-order valence-electron chi connectivity index (χ0n) is 7.43. The first-order chi connectivity index (χ1) is 0. The summed E-state index contributed by atoms with van der Waals surface area (Å²) in [5.74, 6) is 0. The third kappa shape index (κ3) is 54.6. The number of rotatable bonds is 0. The average molecular weight is 304 g/mol. The Bertz CT molecular complexity index is 26.1. The first-order valence-electron chi connectivity index (χ1n) is 0. The Labute approximate surface area is 208 Å². The van der Waals surface area contributed by atoms with Crippen LogP contribution in [-0.2, 0) is 0 Å². The van der Waals surface area contributed by atoms with Crippen molar-refractivity contribution in [3.63, 3.8) is 0 Å². The van der Waals surface area contributed by atoms with Gasteiger partial charge in [-0.05, 0) is 0 Å². The first-order valence-corrected chi connectivity index (χ1v) is 0. The van der Waals surface area contributed by atoms with Crippen LogP contribution in [0.3, 0.4) is 0 Å². The minimum absolute atomic E-state index is 0. The molecular formula is H4Ca2Cl4KNaO. The van der Waals surface area contributed by atoms with Gasteiger partial charge in [0.2, 0.25) is 0 Å². The summed E-state index contributed by atoms with van der Waals surface area (Å²) < 4.78 is 0. The zero-order valence-corrected chi connectivity index (χ0v) is 18.0. The summed E-state index contributed by atoms with van der Waals surface area (Å²) in [7, 11) is 0. The normalized spacial score (nSPS) is 0. The van der Waals surface area contributed by atoms with E-state index in [1.165, 1.54) is 0 Å². The average Bonchev–Trinajstić information content (AvgIpc) is 0. The van der Waals surface area contributed by atoms with Gasteiger partial charge in [0.1, 0.15) is 0 Å². The summed E-state index contributed by atoms with van der Waals surface area (Å²) in [5.41, 5.74) is 0. The molecule has 0 amide bonds. The molecule has 0 aromatic rings. The molecule has 0 heterocycles. The van der Waals surface area contributed by atoms with Crippen LogP contribution in [0.4, 0.5) is 0 Å². The van der Waals surface area contributed by atoms with Crippen LogP contribution in [0.2, 0.25) is 0 Å². The summed E-state index contributed by atoms with van der Waals surface area (Å²) >= 11 is 0. The van der Waals surface area contributed by atoms with Crippen molar-refractivity contribution >= 4 is 75.5 Å². The van der Waals surface area contributed by atoms with Gasteiger partial charge in [-0.2, -0.15) is 0 Å². The number of hydrogen-bond donors (Lipinski definition) is 0. The molecule has 0 fully saturated rings. The quantitative estimate of drug-likeness (QED) is 0.398. The minimum atomic E-state index is 0. The molecule has 0 radical (unpaired) electrons. The molecule has 0 bridgehead atoms. The molecule has 0 aromatic heterocycles. The van der Waals surface area contributed by atoms with Crippen LogP contribution in [0.15, 0.2) is 0 Å². The molecule has 0 rings (SSSR count). The van der Waals surface area contributed by atoms with Crippen LogP contribution in [0.1, 0.15) is 2.85 Å². The van der Waals surface area contributed by atoms with Crippen molar-refractivity contribution in [2.24, 2.45) is 0 Å². The molecule has 44 valence electrons. The third-order valence-electron chi connectivity index (χ3n) is 0. The summed E-state index contributed by atoms with van der Waals surface area (Å²) in [6.45, 7) is 0. The molecule has 0 aliphatic carbocycles. The fourth-order valence-electron chi connectivity index (χ4n) is 0. The molecule has 0 atom stereocenters. The Morgan fingerprint density at radius 2 is 0.667 bits per heavy atom. The molecule has 2 N–H and O–H groups in total. The molecule has 0 saturated carbocycles. The Hall–Kier alpha value is 6.28. The molecule has 9 heavy (non-hydrogen) atoms. The first kappa shape index (κ1) is 79.0.